The van der Waals surface area contributed by atoms with Crippen LogP contribution in [0.25, 0.3) is 11.3 Å². The van der Waals surface area contributed by atoms with Gasteiger partial charge in [0.1, 0.15) is 16.5 Å². The molecule has 3 heterocycles. The first-order valence-electron chi connectivity index (χ1n) is 9.96. The smallest absolute Gasteiger partial charge is 0.251 e. The van der Waals surface area contributed by atoms with Crippen LogP contribution < -0.4 is 10.3 Å². The Morgan fingerprint density at radius 3 is 2.55 bits per heavy atom. The number of hydrogen-bond donors (Lipinski definition) is 1. The lowest BCUT2D eigenvalue weighted by molar-refractivity contribution is 0.397. The van der Waals surface area contributed by atoms with Crippen LogP contribution in [-0.4, -0.2) is 47.9 Å². The quantitative estimate of drug-likeness (QED) is 0.654. The van der Waals surface area contributed by atoms with Crippen LogP contribution >= 0.6 is 0 Å². The highest BCUT2D eigenvalue weighted by Gasteiger charge is 2.36. The van der Waals surface area contributed by atoms with Gasteiger partial charge in [0.15, 0.2) is 0 Å². The number of benzene rings is 1. The van der Waals surface area contributed by atoms with Crippen molar-refractivity contribution in [3.05, 3.63) is 70.0 Å². The Morgan fingerprint density at radius 1 is 1.13 bits per heavy atom. The van der Waals surface area contributed by atoms with Gasteiger partial charge in [0.05, 0.1) is 12.8 Å². The first-order chi connectivity index (χ1) is 14.8. The van der Waals surface area contributed by atoms with Crippen molar-refractivity contribution in [3.8, 4) is 17.0 Å². The summed E-state index contributed by atoms with van der Waals surface area (Å²) in [5.74, 6) is 0.614. The van der Waals surface area contributed by atoms with Crippen LogP contribution in [0.3, 0.4) is 0 Å². The number of rotatable bonds is 5. The summed E-state index contributed by atoms with van der Waals surface area (Å²) in [5.41, 5.74) is 2.90. The van der Waals surface area contributed by atoms with Gasteiger partial charge in [0, 0.05) is 43.0 Å². The van der Waals surface area contributed by atoms with Gasteiger partial charge in [-0.25, -0.2) is 13.4 Å². The molecule has 3 aromatic rings. The van der Waals surface area contributed by atoms with Crippen molar-refractivity contribution in [1.82, 2.24) is 19.3 Å². The van der Waals surface area contributed by atoms with Gasteiger partial charge < -0.3 is 9.72 Å². The fourth-order valence-corrected chi connectivity index (χ4v) is 5.50. The molecule has 1 aliphatic rings. The number of nitrogens with one attached hydrogen (secondary N) is 1. The Labute approximate surface area is 181 Å². The number of nitrogens with zero attached hydrogens (tertiary/aromatic N) is 3. The summed E-state index contributed by atoms with van der Waals surface area (Å²) >= 11 is 0. The van der Waals surface area contributed by atoms with Crippen molar-refractivity contribution < 1.29 is 13.2 Å². The second kappa shape index (κ2) is 8.24. The number of methoxy groups -OCH3 is 1. The maximum absolute atomic E-state index is 13.4. The molecule has 162 valence electrons. The van der Waals surface area contributed by atoms with E-state index < -0.39 is 10.0 Å². The van der Waals surface area contributed by atoms with Crippen LogP contribution in [0.4, 0.5) is 0 Å². The van der Waals surface area contributed by atoms with Crippen LogP contribution in [0.5, 0.6) is 5.75 Å². The zero-order chi connectivity index (χ0) is 22.2. The molecule has 1 aliphatic heterocycles. The molecular formula is C22H24N4O4S. The molecule has 9 heteroatoms. The van der Waals surface area contributed by atoms with Gasteiger partial charge in [-0.1, -0.05) is 0 Å². The fraction of sp³-hybridized carbons (Fsp3) is 0.318. The number of aromatic nitrogens is 3. The van der Waals surface area contributed by atoms with E-state index in [4.69, 9.17) is 4.74 Å². The van der Waals surface area contributed by atoms with E-state index in [1.54, 1.807) is 36.7 Å². The largest absolute Gasteiger partial charge is 0.495 e. The van der Waals surface area contributed by atoms with E-state index in [0.29, 0.717) is 30.2 Å². The maximum atomic E-state index is 13.4. The second-order valence-electron chi connectivity index (χ2n) is 7.69. The minimum atomic E-state index is -3.75. The molecule has 0 amide bonds. The Kier molecular flexibility index (Phi) is 5.63. The van der Waals surface area contributed by atoms with Crippen molar-refractivity contribution in [2.24, 2.45) is 0 Å². The lowest BCUT2D eigenvalue weighted by Crippen LogP contribution is -2.29. The fourth-order valence-electron chi connectivity index (χ4n) is 3.77. The lowest BCUT2D eigenvalue weighted by atomic mass is 10.1. The maximum Gasteiger partial charge on any atom is 0.251 e. The number of sulfonamides is 1. The topological polar surface area (TPSA) is 105 Å². The summed E-state index contributed by atoms with van der Waals surface area (Å²) in [4.78, 5) is 23.8. The van der Waals surface area contributed by atoms with Crippen molar-refractivity contribution >= 4 is 10.0 Å². The molecule has 0 radical (unpaired) electrons. The van der Waals surface area contributed by atoms with E-state index in [1.165, 1.54) is 17.5 Å². The summed E-state index contributed by atoms with van der Waals surface area (Å²) in [7, 11) is -2.29. The molecule has 1 fully saturated rings. The SMILES string of the molecule is COc1cc(C)c(C)cc1S(=O)(=O)N1CC[C@H](c2nc(-c3ccncc3)cc(=O)[nH]2)C1. The van der Waals surface area contributed by atoms with E-state index in [2.05, 4.69) is 15.0 Å². The minimum Gasteiger partial charge on any atom is -0.495 e. The molecule has 31 heavy (non-hydrogen) atoms. The van der Waals surface area contributed by atoms with Crippen LogP contribution in [0.1, 0.15) is 29.3 Å². The third-order valence-corrected chi connectivity index (χ3v) is 7.56. The molecule has 4 rings (SSSR count). The van der Waals surface area contributed by atoms with Gasteiger partial charge in [-0.05, 0) is 55.7 Å². The minimum absolute atomic E-state index is 0.158. The molecule has 8 nitrogen and oxygen atoms in total. The van der Waals surface area contributed by atoms with E-state index in [-0.39, 0.29) is 22.9 Å². The molecule has 0 bridgehead atoms. The van der Waals surface area contributed by atoms with Gasteiger partial charge in [-0.2, -0.15) is 4.31 Å². The summed E-state index contributed by atoms with van der Waals surface area (Å²) in [6.07, 6.45) is 3.84. The summed E-state index contributed by atoms with van der Waals surface area (Å²) in [6, 6.07) is 8.39. The van der Waals surface area contributed by atoms with Crippen LogP contribution in [0.15, 0.2) is 52.4 Å². The molecule has 2 aromatic heterocycles. The van der Waals surface area contributed by atoms with E-state index in [0.717, 1.165) is 16.7 Å². The van der Waals surface area contributed by atoms with Crippen molar-refractivity contribution in [1.29, 1.82) is 0 Å². The average Bonchev–Trinajstić information content (AvgIpc) is 3.27. The summed E-state index contributed by atoms with van der Waals surface area (Å²) in [6.45, 7) is 4.37. The highest BCUT2D eigenvalue weighted by atomic mass is 32.2. The normalized spacial score (nSPS) is 17.1. The predicted molar refractivity (Wildman–Crippen MR) is 117 cm³/mol. The first kappa shape index (κ1) is 21.2. The predicted octanol–water partition coefficient (Wildman–Crippen LogP) is 2.64. The number of hydrogen-bond acceptors (Lipinski definition) is 6. The molecule has 1 N–H and O–H groups in total. The van der Waals surface area contributed by atoms with Gasteiger partial charge in [0.25, 0.3) is 5.56 Å². The van der Waals surface area contributed by atoms with Crippen LogP contribution in [-0.2, 0) is 10.0 Å². The number of aromatic amines is 1. The molecule has 0 saturated carbocycles. The Morgan fingerprint density at radius 2 is 1.84 bits per heavy atom. The Hall–Kier alpha value is -3.04. The number of ether oxygens (including phenoxy) is 1. The second-order valence-corrected chi connectivity index (χ2v) is 9.59. The highest BCUT2D eigenvalue weighted by Crippen LogP contribution is 2.34. The molecule has 1 atom stereocenters. The van der Waals surface area contributed by atoms with Crippen LogP contribution in [0, 0.1) is 13.8 Å². The zero-order valence-electron chi connectivity index (χ0n) is 17.6. The summed E-state index contributed by atoms with van der Waals surface area (Å²) in [5, 5.41) is 0. The van der Waals surface area contributed by atoms with Crippen molar-refractivity contribution in [2.75, 3.05) is 20.2 Å². The van der Waals surface area contributed by atoms with E-state index in [1.807, 2.05) is 13.8 Å². The molecule has 0 spiro atoms. The number of pyridine rings is 1. The zero-order valence-corrected chi connectivity index (χ0v) is 18.4. The average molecular weight is 441 g/mol. The first-order valence-corrected chi connectivity index (χ1v) is 11.4. The standard InChI is InChI=1S/C22H24N4O4S/c1-14-10-19(30-3)20(11-15(14)2)31(28,29)26-9-6-17(13-26)22-24-18(12-21(27)25-22)16-4-7-23-8-5-16/h4-5,7-8,10-12,17H,6,9,13H2,1-3H3,(H,24,25,27)/t17-/m0/s1. The third kappa shape index (κ3) is 4.11. The molecule has 0 unspecified atom stereocenters. The summed E-state index contributed by atoms with van der Waals surface area (Å²) < 4.78 is 33.5. The van der Waals surface area contributed by atoms with Gasteiger partial charge in [0.2, 0.25) is 10.0 Å². The molecule has 0 aliphatic carbocycles. The molecule has 1 saturated heterocycles. The van der Waals surface area contributed by atoms with Gasteiger partial charge in [-0.15, -0.1) is 0 Å². The molecular weight excluding hydrogens is 416 g/mol. The van der Waals surface area contributed by atoms with Crippen molar-refractivity contribution in [3.63, 3.8) is 0 Å². The van der Waals surface area contributed by atoms with E-state index >= 15 is 0 Å². The Balaban J connectivity index is 1.64. The highest BCUT2D eigenvalue weighted by molar-refractivity contribution is 7.89. The van der Waals surface area contributed by atoms with E-state index in [9.17, 15) is 13.2 Å². The third-order valence-electron chi connectivity index (χ3n) is 5.67. The lowest BCUT2D eigenvalue weighted by Gasteiger charge is -2.19. The Bertz CT molecular complexity index is 1270. The molecule has 1 aromatic carbocycles. The number of aryl methyl sites for hydroxylation is 2. The monoisotopic (exact) mass is 440 g/mol. The van der Waals surface area contributed by atoms with Crippen molar-refractivity contribution in [2.45, 2.75) is 31.1 Å². The van der Waals surface area contributed by atoms with Gasteiger partial charge in [-0.3, -0.25) is 9.78 Å². The number of H-pyrrole nitrogens is 1. The van der Waals surface area contributed by atoms with Crippen LogP contribution in [0.2, 0.25) is 0 Å². The van der Waals surface area contributed by atoms with Gasteiger partial charge >= 0.3 is 0 Å².